The normalized spacial score (nSPS) is 17.9. The minimum Gasteiger partial charge on any atom is -0.304 e. The smallest absolute Gasteiger partial charge is 0.240 e. The van der Waals surface area contributed by atoms with E-state index in [9.17, 15) is 12.8 Å². The molecule has 26 heavy (non-hydrogen) atoms. The van der Waals surface area contributed by atoms with E-state index >= 15 is 0 Å². The van der Waals surface area contributed by atoms with E-state index in [0.717, 1.165) is 31.7 Å². The van der Waals surface area contributed by atoms with Crippen LogP contribution in [0.2, 0.25) is 0 Å². The summed E-state index contributed by atoms with van der Waals surface area (Å²) in [6.07, 6.45) is 0. The second-order valence-electron chi connectivity index (χ2n) is 6.57. The Morgan fingerprint density at radius 1 is 1.00 bits per heavy atom. The summed E-state index contributed by atoms with van der Waals surface area (Å²) in [7, 11) is -1.51. The molecule has 7 heteroatoms. The van der Waals surface area contributed by atoms with E-state index in [1.54, 1.807) is 42.5 Å². The minimum atomic E-state index is -3.58. The van der Waals surface area contributed by atoms with Gasteiger partial charge in [-0.15, -0.1) is 0 Å². The summed E-state index contributed by atoms with van der Waals surface area (Å²) in [5.74, 6) is -0.296. The van der Waals surface area contributed by atoms with E-state index < -0.39 is 10.0 Å². The topological polar surface area (TPSA) is 52.6 Å². The molecule has 1 N–H and O–H groups in total. The first kappa shape index (κ1) is 19.0. The van der Waals surface area contributed by atoms with Gasteiger partial charge in [-0.25, -0.2) is 17.5 Å². The highest BCUT2D eigenvalue weighted by Gasteiger charge is 2.26. The molecule has 0 spiro atoms. The van der Waals surface area contributed by atoms with Crippen molar-refractivity contribution in [3.8, 4) is 0 Å². The molecule has 1 heterocycles. The molecule has 0 aliphatic carbocycles. The molecule has 0 radical (unpaired) electrons. The van der Waals surface area contributed by atoms with E-state index in [1.807, 2.05) is 0 Å². The molecule has 0 aromatic heterocycles. The average Bonchev–Trinajstić information content (AvgIpc) is 2.65. The van der Waals surface area contributed by atoms with Crippen LogP contribution in [0.5, 0.6) is 0 Å². The van der Waals surface area contributed by atoms with Crippen LogP contribution in [0, 0.1) is 5.82 Å². The molecule has 5 nitrogen and oxygen atoms in total. The van der Waals surface area contributed by atoms with E-state index in [2.05, 4.69) is 21.6 Å². The zero-order chi connectivity index (χ0) is 18.6. The summed E-state index contributed by atoms with van der Waals surface area (Å²) < 4.78 is 41.1. The van der Waals surface area contributed by atoms with Crippen molar-refractivity contribution in [3.63, 3.8) is 0 Å². The van der Waals surface area contributed by atoms with Gasteiger partial charge in [0.15, 0.2) is 0 Å². The minimum absolute atomic E-state index is 0.136. The molecule has 0 bridgehead atoms. The third-order valence-electron chi connectivity index (χ3n) is 4.75. The van der Waals surface area contributed by atoms with Crippen molar-refractivity contribution in [1.29, 1.82) is 0 Å². The number of halogens is 1. The zero-order valence-corrected chi connectivity index (χ0v) is 15.6. The van der Waals surface area contributed by atoms with Gasteiger partial charge in [-0.3, -0.25) is 4.90 Å². The molecule has 1 aliphatic rings. The highest BCUT2D eigenvalue weighted by Crippen LogP contribution is 2.23. The lowest BCUT2D eigenvalue weighted by molar-refractivity contribution is 0.113. The SMILES string of the molecule is CN1CCN([C@@H](CNS(=O)(=O)c2ccccc2)c2ccc(F)cc2)CC1. The summed E-state index contributed by atoms with van der Waals surface area (Å²) in [6, 6.07) is 14.5. The average molecular weight is 377 g/mol. The number of hydrogen-bond donors (Lipinski definition) is 1. The molecular formula is C19H24FN3O2S. The third-order valence-corrected chi connectivity index (χ3v) is 6.19. The Hall–Kier alpha value is -1.80. The van der Waals surface area contributed by atoms with Crippen LogP contribution in [0.25, 0.3) is 0 Å². The van der Waals surface area contributed by atoms with Gasteiger partial charge in [0.2, 0.25) is 10.0 Å². The third kappa shape index (κ3) is 4.67. The lowest BCUT2D eigenvalue weighted by Crippen LogP contribution is -2.48. The Bertz CT molecular complexity index is 804. The number of piperazine rings is 1. The maximum absolute atomic E-state index is 13.3. The molecule has 1 fully saturated rings. The van der Waals surface area contributed by atoms with Crippen molar-refractivity contribution in [2.24, 2.45) is 0 Å². The van der Waals surface area contributed by atoms with E-state index in [-0.39, 0.29) is 23.3 Å². The molecule has 0 unspecified atom stereocenters. The number of nitrogens with one attached hydrogen (secondary N) is 1. The maximum Gasteiger partial charge on any atom is 0.240 e. The molecule has 0 amide bonds. The van der Waals surface area contributed by atoms with Crippen LogP contribution in [0.15, 0.2) is 59.5 Å². The molecule has 1 aliphatic heterocycles. The predicted octanol–water partition coefficient (Wildman–Crippen LogP) is 2.09. The van der Waals surface area contributed by atoms with Crippen molar-refractivity contribution >= 4 is 10.0 Å². The van der Waals surface area contributed by atoms with Crippen LogP contribution in [-0.2, 0) is 10.0 Å². The highest BCUT2D eigenvalue weighted by molar-refractivity contribution is 7.89. The van der Waals surface area contributed by atoms with Crippen LogP contribution in [0.3, 0.4) is 0 Å². The molecule has 0 saturated carbocycles. The lowest BCUT2D eigenvalue weighted by atomic mass is 10.0. The van der Waals surface area contributed by atoms with Crippen LogP contribution in [0.1, 0.15) is 11.6 Å². The quantitative estimate of drug-likeness (QED) is 0.838. The zero-order valence-electron chi connectivity index (χ0n) is 14.8. The molecule has 1 atom stereocenters. The summed E-state index contributed by atoms with van der Waals surface area (Å²) in [6.45, 7) is 3.76. The number of rotatable bonds is 6. The second kappa shape index (κ2) is 8.26. The predicted molar refractivity (Wildman–Crippen MR) is 99.8 cm³/mol. The van der Waals surface area contributed by atoms with Gasteiger partial charge in [-0.05, 0) is 36.9 Å². The Morgan fingerprint density at radius 3 is 2.23 bits per heavy atom. The summed E-state index contributed by atoms with van der Waals surface area (Å²) in [4.78, 5) is 4.74. The highest BCUT2D eigenvalue weighted by atomic mass is 32.2. The van der Waals surface area contributed by atoms with Gasteiger partial charge in [0, 0.05) is 38.8 Å². The molecule has 3 rings (SSSR count). The first-order valence-corrected chi connectivity index (χ1v) is 10.2. The monoisotopic (exact) mass is 377 g/mol. The van der Waals surface area contributed by atoms with Gasteiger partial charge in [0.1, 0.15) is 5.82 Å². The van der Waals surface area contributed by atoms with Crippen molar-refractivity contribution < 1.29 is 12.8 Å². The van der Waals surface area contributed by atoms with Gasteiger partial charge in [-0.1, -0.05) is 30.3 Å². The number of likely N-dealkylation sites (N-methyl/N-ethyl adjacent to an activating group) is 1. The summed E-state index contributed by atoms with van der Waals surface area (Å²) >= 11 is 0. The van der Waals surface area contributed by atoms with E-state index in [4.69, 9.17) is 0 Å². The van der Waals surface area contributed by atoms with Crippen molar-refractivity contribution in [2.75, 3.05) is 39.8 Å². The molecule has 140 valence electrons. The molecule has 2 aromatic carbocycles. The Morgan fingerprint density at radius 2 is 1.62 bits per heavy atom. The van der Waals surface area contributed by atoms with Gasteiger partial charge in [-0.2, -0.15) is 0 Å². The lowest BCUT2D eigenvalue weighted by Gasteiger charge is -2.38. The van der Waals surface area contributed by atoms with Gasteiger partial charge in [0.05, 0.1) is 4.90 Å². The molecule has 1 saturated heterocycles. The molecular weight excluding hydrogens is 353 g/mol. The Kier molecular flexibility index (Phi) is 6.03. The van der Waals surface area contributed by atoms with Gasteiger partial charge in [0.25, 0.3) is 0 Å². The number of nitrogens with zero attached hydrogens (tertiary/aromatic N) is 2. The van der Waals surface area contributed by atoms with Crippen LogP contribution < -0.4 is 4.72 Å². The fraction of sp³-hybridized carbons (Fsp3) is 0.368. The first-order valence-electron chi connectivity index (χ1n) is 8.68. The fourth-order valence-corrected chi connectivity index (χ4v) is 4.21. The second-order valence-corrected chi connectivity index (χ2v) is 8.34. The van der Waals surface area contributed by atoms with Crippen molar-refractivity contribution in [1.82, 2.24) is 14.5 Å². The maximum atomic E-state index is 13.3. The molecule has 2 aromatic rings. The first-order chi connectivity index (χ1) is 12.5. The number of sulfonamides is 1. The Balaban J connectivity index is 1.78. The van der Waals surface area contributed by atoms with Crippen LogP contribution >= 0.6 is 0 Å². The van der Waals surface area contributed by atoms with Gasteiger partial charge < -0.3 is 4.90 Å². The summed E-state index contributed by atoms with van der Waals surface area (Å²) in [5, 5.41) is 0. The number of benzene rings is 2. The standard InChI is InChI=1S/C19H24FN3O2S/c1-22-11-13-23(14-12-22)19(16-7-9-17(20)10-8-16)15-21-26(24,25)18-5-3-2-4-6-18/h2-10,19,21H,11-15H2,1H3/t19-/m0/s1. The van der Waals surface area contributed by atoms with E-state index in [0.29, 0.717) is 0 Å². The van der Waals surface area contributed by atoms with Crippen molar-refractivity contribution in [3.05, 3.63) is 66.0 Å². The van der Waals surface area contributed by atoms with E-state index in [1.165, 1.54) is 12.1 Å². The van der Waals surface area contributed by atoms with Gasteiger partial charge >= 0.3 is 0 Å². The Labute approximate surface area is 154 Å². The van der Waals surface area contributed by atoms with Crippen LogP contribution in [0.4, 0.5) is 4.39 Å². The largest absolute Gasteiger partial charge is 0.304 e. The number of hydrogen-bond acceptors (Lipinski definition) is 4. The van der Waals surface area contributed by atoms with Crippen LogP contribution in [-0.4, -0.2) is 58.0 Å². The summed E-state index contributed by atoms with van der Waals surface area (Å²) in [5.41, 5.74) is 0.909. The fourth-order valence-electron chi connectivity index (χ4n) is 3.15. The van der Waals surface area contributed by atoms with Crippen molar-refractivity contribution in [2.45, 2.75) is 10.9 Å².